The molecule has 0 aliphatic carbocycles. The highest BCUT2D eigenvalue weighted by molar-refractivity contribution is 5.13. The van der Waals surface area contributed by atoms with Crippen molar-refractivity contribution in [2.75, 3.05) is 66.4 Å². The van der Waals surface area contributed by atoms with Crippen LogP contribution in [0.1, 0.15) is 39.2 Å². The van der Waals surface area contributed by atoms with Gasteiger partial charge in [-0.05, 0) is 18.8 Å². The molecule has 21 N–H and O–H groups in total. The zero-order valence-corrected chi connectivity index (χ0v) is 53.8. The summed E-state index contributed by atoms with van der Waals surface area (Å²) in [6, 6.07) is 11.0. The molecule has 96 heavy (non-hydrogen) atoms. The van der Waals surface area contributed by atoms with Gasteiger partial charge in [-0.3, -0.25) is 0 Å². The Morgan fingerprint density at radius 3 is 0.750 bits per heavy atom. The van der Waals surface area contributed by atoms with E-state index in [0.29, 0.717) is 5.41 Å². The third kappa shape index (κ3) is 17.3. The van der Waals surface area contributed by atoms with Crippen molar-refractivity contribution in [3.8, 4) is 0 Å². The van der Waals surface area contributed by atoms with E-state index >= 15 is 0 Å². The van der Waals surface area contributed by atoms with Gasteiger partial charge in [-0.15, -0.1) is 0 Å². The lowest BCUT2D eigenvalue weighted by atomic mass is 9.83. The van der Waals surface area contributed by atoms with Crippen LogP contribution in [0.4, 0.5) is 0 Å². The summed E-state index contributed by atoms with van der Waals surface area (Å²) in [5.74, 6) is 0.871. The molecule has 2 unspecified atom stereocenters. The fourth-order valence-corrected chi connectivity index (χ4v) is 14.3. The first-order valence-electron chi connectivity index (χ1n) is 31.9. The zero-order chi connectivity index (χ0) is 69.3. The molecule has 0 radical (unpaired) electrons. The molecular weight excluding hydrogens is 1320 g/mol. The predicted octanol–water partition coefficient (Wildman–Crippen LogP) is -14.1. The number of rotatable bonds is 9. The molecule has 23 rings (SSSR count). The van der Waals surface area contributed by atoms with E-state index in [0.717, 1.165) is 5.92 Å². The molecule has 22 aliphatic heterocycles. The second kappa shape index (κ2) is 34.1. The van der Waals surface area contributed by atoms with Gasteiger partial charge in [0, 0.05) is 11.0 Å². The maximum Gasteiger partial charge on any atom is 0.187 e. The smallest absolute Gasteiger partial charge is 0.187 e. The maximum atomic E-state index is 11.3. The minimum absolute atomic E-state index is 0. The van der Waals surface area contributed by atoms with Gasteiger partial charge >= 0.3 is 0 Å². The Hall–Kier alpha value is -1.93. The Balaban J connectivity index is 0.000000534. The van der Waals surface area contributed by atoms with Gasteiger partial charge in [-0.25, -0.2) is 0 Å². The van der Waals surface area contributed by atoms with Crippen LogP contribution in [-0.4, -0.2) is 393 Å². The summed E-state index contributed by atoms with van der Waals surface area (Å²) in [5, 5.41) is 230. The summed E-state index contributed by atoms with van der Waals surface area (Å²) in [6.45, 7) is 3.77. The minimum atomic E-state index is -2.21. The number of hydrogen-bond donors (Lipinski definition) is 21. The third-order valence-corrected chi connectivity index (χ3v) is 19.1. The first-order valence-corrected chi connectivity index (χ1v) is 31.9. The fourth-order valence-electron chi connectivity index (χ4n) is 14.3. The molecule has 22 saturated heterocycles. The zero-order valence-electron chi connectivity index (χ0n) is 53.1. The SMILES string of the molecule is CC1CC[N+](C)(Cc2ccccc2)CC(C)(C)C1.OC[C@@H]1O[C@H]2O[C@@H]3[C@@H](O)[C@H](O)[C@H](O[C@@H]4[C@@H](O)[C@H](O)[C@H](O[C@@H]5[C@@H](O)[C@@H](O)[C@H](O[C@@H]6[C@@H](O)[C@H](O)[C@H](O[C@@H]7[C@@H](O)[C@H](O)[C@H](O[C@@H]8[C@@H](O)[C@H](O)[C@H](O[C@@H]1[C@@H](O)[C@@H]2O)O[C@H]8CO)O[C@H]7CO)O[C@H]6CO)O[C@H]5CO)O[C@H]4CO)O[C@H]3CO.[Cl-]. The second-order valence-electron chi connectivity index (χ2n) is 27.1. The molecule has 0 aromatic heterocycles. The normalized spacial score (nSPS) is 50.4. The van der Waals surface area contributed by atoms with Crippen LogP contribution in [0.2, 0.25) is 0 Å². The highest BCUT2D eigenvalue weighted by atomic mass is 35.5. The number of likely N-dealkylation sites (tertiary alicyclic amines) is 1. The predicted molar refractivity (Wildman–Crippen MR) is 307 cm³/mol. The Morgan fingerprint density at radius 1 is 0.344 bits per heavy atom. The molecule has 1 aromatic rings. The van der Waals surface area contributed by atoms with Gasteiger partial charge in [-0.1, -0.05) is 51.1 Å². The summed E-state index contributed by atoms with van der Waals surface area (Å²) in [7, 11) is 2.44. The van der Waals surface area contributed by atoms with Gasteiger partial charge in [0.1, 0.15) is 177 Å². The molecule has 0 spiro atoms. The number of ether oxygens (including phenoxy) is 14. The standard InChI is InChI=1S/C42H70O35.C17H28N.ClH/c43-1-8-29-15(50)22(57)36(64-8)72-30-9(2-44)66-38(24(59)17(30)52)74-32-11(4-46)68-40(26(61)19(32)54)76-34-13(6-48)70-42(28(63)21(34)56)77-35-14(7-49)69-41(27(62)20(35)55)75-33-12(5-47)67-39(25(60)18(33)53)73-31-10(3-45)65-37(71-29)23(58)16(31)51;1-15-10-11-18(4,14-17(2,3)12-15)13-16-8-6-5-7-9-16;/h8-63H,1-7H2;5-9,15H,10-14H2,1-4H3;1H/q;+1;/p-1/t8-,9-,10-,11-,12-,13-,14-,15-,16-,17-,18-,19-,20-,21-,22-,23-,24-,25-,26-,27-,28+,29-,30-,31-,32-,33-,34-,35-,36-,37-,38-,39-,40-,41-,42-;;/m0../s1. The number of aliphatic hydroxyl groups excluding tert-OH is 21. The number of nitrogens with zero attached hydrogens (tertiary/aromatic N) is 1. The molecule has 22 heterocycles. The Kier molecular flexibility index (Phi) is 28.3. The Labute approximate surface area is 557 Å². The molecule has 1 aromatic carbocycles. The number of hydrogen-bond acceptors (Lipinski definition) is 35. The van der Waals surface area contributed by atoms with E-state index in [9.17, 15) is 107 Å². The minimum Gasteiger partial charge on any atom is -1.00 e. The molecule has 0 amide bonds. The molecule has 37 heteroatoms. The van der Waals surface area contributed by atoms with Gasteiger partial charge < -0.3 is 190 Å². The van der Waals surface area contributed by atoms with Gasteiger partial charge in [0.2, 0.25) is 0 Å². The summed E-state index contributed by atoms with van der Waals surface area (Å²) < 4.78 is 80.7. The third-order valence-electron chi connectivity index (χ3n) is 19.1. The topological polar surface area (TPSA) is 554 Å². The van der Waals surface area contributed by atoms with Gasteiger partial charge in [0.15, 0.2) is 44.0 Å². The van der Waals surface area contributed by atoms with E-state index < -0.39 is 261 Å². The molecule has 14 bridgehead atoms. The van der Waals surface area contributed by atoms with Gasteiger partial charge in [0.05, 0.1) is 66.4 Å². The monoisotopic (exact) mass is 1420 g/mol. The van der Waals surface area contributed by atoms with E-state index in [4.69, 9.17) is 66.3 Å². The fraction of sp³-hybridized carbons (Fsp3) is 0.898. The van der Waals surface area contributed by atoms with Crippen molar-refractivity contribution in [3.63, 3.8) is 0 Å². The summed E-state index contributed by atoms with van der Waals surface area (Å²) in [5.41, 5.74) is 1.95. The van der Waals surface area contributed by atoms with Crippen LogP contribution < -0.4 is 12.4 Å². The van der Waals surface area contributed by atoms with Crippen molar-refractivity contribution in [1.29, 1.82) is 0 Å². The largest absolute Gasteiger partial charge is 1.00 e. The van der Waals surface area contributed by atoms with Crippen molar-refractivity contribution >= 4 is 0 Å². The summed E-state index contributed by atoms with van der Waals surface area (Å²) >= 11 is 0. The number of benzene rings is 1. The lowest BCUT2D eigenvalue weighted by molar-refractivity contribution is -0.927. The molecule has 36 nitrogen and oxygen atoms in total. The molecule has 0 saturated carbocycles. The van der Waals surface area contributed by atoms with Crippen molar-refractivity contribution in [1.82, 2.24) is 0 Å². The van der Waals surface area contributed by atoms with Crippen molar-refractivity contribution in [2.45, 2.75) is 255 Å². The first-order chi connectivity index (χ1) is 45.0. The van der Waals surface area contributed by atoms with Crippen LogP contribution in [0.25, 0.3) is 0 Å². The molecule has 22 fully saturated rings. The Bertz CT molecular complexity index is 2130. The first kappa shape index (κ1) is 79.8. The van der Waals surface area contributed by atoms with Crippen LogP contribution >= 0.6 is 0 Å². The molecule has 22 aliphatic rings. The second-order valence-corrected chi connectivity index (χ2v) is 27.1. The van der Waals surface area contributed by atoms with E-state index in [2.05, 4.69) is 58.2 Å². The van der Waals surface area contributed by atoms with Crippen LogP contribution in [-0.2, 0) is 72.9 Å². The lowest BCUT2D eigenvalue weighted by Crippen LogP contribution is -3.00. The highest BCUT2D eigenvalue weighted by Gasteiger charge is 2.60. The van der Waals surface area contributed by atoms with Crippen LogP contribution in [0, 0.1) is 11.3 Å². The molecular formula is C59H98ClNO35. The quantitative estimate of drug-likeness (QED) is 0.102. The average Bonchev–Trinajstić information content (AvgIpc) is 0.950. The Morgan fingerprint density at radius 2 is 0.552 bits per heavy atom. The van der Waals surface area contributed by atoms with Crippen LogP contribution in [0.15, 0.2) is 30.3 Å². The molecule has 556 valence electrons. The van der Waals surface area contributed by atoms with Crippen LogP contribution in [0.3, 0.4) is 0 Å². The lowest BCUT2D eigenvalue weighted by Gasteiger charge is -2.50. The average molecular weight is 1420 g/mol. The number of aliphatic hydroxyl groups is 21. The summed E-state index contributed by atoms with van der Waals surface area (Å²) in [6.07, 6.45) is -67.5. The maximum absolute atomic E-state index is 11.3. The number of halogens is 1. The highest BCUT2D eigenvalue weighted by Crippen LogP contribution is 2.40. The van der Waals surface area contributed by atoms with E-state index in [1.54, 1.807) is 0 Å². The van der Waals surface area contributed by atoms with Gasteiger partial charge in [-0.2, -0.15) is 0 Å². The van der Waals surface area contributed by atoms with E-state index in [1.807, 2.05) is 0 Å². The van der Waals surface area contributed by atoms with E-state index in [-0.39, 0.29) is 12.4 Å². The summed E-state index contributed by atoms with van der Waals surface area (Å²) in [4.78, 5) is 0. The van der Waals surface area contributed by atoms with Crippen molar-refractivity contribution < 1.29 is 190 Å². The van der Waals surface area contributed by atoms with E-state index in [1.165, 1.54) is 42.5 Å². The van der Waals surface area contributed by atoms with Crippen molar-refractivity contribution in [3.05, 3.63) is 35.9 Å². The van der Waals surface area contributed by atoms with Crippen LogP contribution in [0.5, 0.6) is 0 Å². The molecule has 37 atom stereocenters. The number of quaternary nitrogens is 1. The van der Waals surface area contributed by atoms with Gasteiger partial charge in [0.25, 0.3) is 0 Å². The van der Waals surface area contributed by atoms with Crippen molar-refractivity contribution in [2.24, 2.45) is 11.3 Å².